The minimum atomic E-state index is 0.167. The van der Waals surface area contributed by atoms with Crippen LogP contribution in [0.15, 0.2) is 73.3 Å². The standard InChI is InChI=1S/C14H20O2.C9H12.C2H6/c1-3-11-16-12-14(15-2)10-9-13-7-5-4-6-8-13;1-8(2)9-6-4-3-5-7-9;1-2/h3-8,14H,1,9-12H2,2H3;3-8H,1-2H3;1-2H3. The summed E-state index contributed by atoms with van der Waals surface area (Å²) in [5.41, 5.74) is 2.76. The molecule has 2 aromatic rings. The molecular formula is C25H38O2. The Bertz CT molecular complexity index is 549. The summed E-state index contributed by atoms with van der Waals surface area (Å²) in [6, 6.07) is 20.9. The van der Waals surface area contributed by atoms with Crippen molar-refractivity contribution in [3.8, 4) is 0 Å². The quantitative estimate of drug-likeness (QED) is 0.362. The summed E-state index contributed by atoms with van der Waals surface area (Å²) in [6.07, 6.45) is 3.93. The maximum absolute atomic E-state index is 5.38. The van der Waals surface area contributed by atoms with E-state index in [1.165, 1.54) is 11.1 Å². The molecule has 0 aromatic heterocycles. The van der Waals surface area contributed by atoms with Gasteiger partial charge >= 0.3 is 0 Å². The zero-order valence-electron chi connectivity index (χ0n) is 17.9. The lowest BCUT2D eigenvalue weighted by molar-refractivity contribution is 0.0133. The second-order valence-corrected chi connectivity index (χ2v) is 6.27. The average Bonchev–Trinajstić information content (AvgIpc) is 2.74. The summed E-state index contributed by atoms with van der Waals surface area (Å²) in [7, 11) is 1.73. The summed E-state index contributed by atoms with van der Waals surface area (Å²) in [5, 5.41) is 0. The Morgan fingerprint density at radius 1 is 0.926 bits per heavy atom. The zero-order chi connectivity index (χ0) is 20.3. The van der Waals surface area contributed by atoms with E-state index in [-0.39, 0.29) is 6.10 Å². The second kappa shape index (κ2) is 17.5. The van der Waals surface area contributed by atoms with Crippen LogP contribution < -0.4 is 0 Å². The molecule has 0 saturated heterocycles. The van der Waals surface area contributed by atoms with E-state index in [1.54, 1.807) is 13.2 Å². The molecule has 0 aliphatic carbocycles. The van der Waals surface area contributed by atoms with E-state index < -0.39 is 0 Å². The first kappa shape index (κ1) is 25.1. The Hall–Kier alpha value is -1.90. The number of aryl methyl sites for hydroxylation is 1. The van der Waals surface area contributed by atoms with Crippen molar-refractivity contribution < 1.29 is 9.47 Å². The van der Waals surface area contributed by atoms with E-state index in [2.05, 4.69) is 69.0 Å². The van der Waals surface area contributed by atoms with Gasteiger partial charge in [-0.15, -0.1) is 6.58 Å². The predicted molar refractivity (Wildman–Crippen MR) is 118 cm³/mol. The van der Waals surface area contributed by atoms with Crippen molar-refractivity contribution in [2.75, 3.05) is 20.3 Å². The third-order valence-corrected chi connectivity index (χ3v) is 3.94. The molecule has 0 bridgehead atoms. The number of hydrogen-bond acceptors (Lipinski definition) is 2. The smallest absolute Gasteiger partial charge is 0.0808 e. The van der Waals surface area contributed by atoms with Crippen LogP contribution in [0.2, 0.25) is 0 Å². The van der Waals surface area contributed by atoms with Crippen molar-refractivity contribution in [3.63, 3.8) is 0 Å². The number of ether oxygens (including phenoxy) is 2. The summed E-state index contributed by atoms with van der Waals surface area (Å²) in [6.45, 7) is 13.2. The Balaban J connectivity index is 0.000000519. The van der Waals surface area contributed by atoms with Gasteiger partial charge in [-0.2, -0.15) is 0 Å². The van der Waals surface area contributed by atoms with E-state index >= 15 is 0 Å². The Morgan fingerprint density at radius 3 is 1.93 bits per heavy atom. The van der Waals surface area contributed by atoms with Crippen molar-refractivity contribution in [2.24, 2.45) is 0 Å². The first-order valence-corrected chi connectivity index (χ1v) is 9.97. The van der Waals surface area contributed by atoms with Crippen LogP contribution in [0.3, 0.4) is 0 Å². The molecule has 2 rings (SSSR count). The molecule has 0 spiro atoms. The van der Waals surface area contributed by atoms with Gasteiger partial charge in [0.05, 0.1) is 19.3 Å². The highest BCUT2D eigenvalue weighted by molar-refractivity contribution is 5.17. The van der Waals surface area contributed by atoms with E-state index in [0.717, 1.165) is 12.8 Å². The second-order valence-electron chi connectivity index (χ2n) is 6.27. The van der Waals surface area contributed by atoms with Crippen LogP contribution in [0.4, 0.5) is 0 Å². The molecule has 2 aromatic carbocycles. The highest BCUT2D eigenvalue weighted by Gasteiger charge is 2.07. The largest absolute Gasteiger partial charge is 0.379 e. The molecule has 2 heteroatoms. The Labute approximate surface area is 167 Å². The molecule has 0 amide bonds. The molecule has 0 fully saturated rings. The maximum atomic E-state index is 5.38. The van der Waals surface area contributed by atoms with Crippen LogP contribution >= 0.6 is 0 Å². The minimum Gasteiger partial charge on any atom is -0.379 e. The van der Waals surface area contributed by atoms with Gasteiger partial charge in [0.15, 0.2) is 0 Å². The molecule has 27 heavy (non-hydrogen) atoms. The molecular weight excluding hydrogens is 332 g/mol. The molecule has 0 saturated carbocycles. The predicted octanol–water partition coefficient (Wildman–Crippen LogP) is 6.67. The number of rotatable bonds is 9. The van der Waals surface area contributed by atoms with Gasteiger partial charge in [0, 0.05) is 7.11 Å². The van der Waals surface area contributed by atoms with Crippen molar-refractivity contribution in [1.82, 2.24) is 0 Å². The van der Waals surface area contributed by atoms with Crippen molar-refractivity contribution >= 4 is 0 Å². The number of benzene rings is 2. The average molecular weight is 371 g/mol. The summed E-state index contributed by atoms with van der Waals surface area (Å²) >= 11 is 0. The first-order chi connectivity index (χ1) is 13.2. The minimum absolute atomic E-state index is 0.167. The Kier molecular flexibility index (Phi) is 16.3. The first-order valence-electron chi connectivity index (χ1n) is 9.97. The third-order valence-electron chi connectivity index (χ3n) is 3.94. The molecule has 0 heterocycles. The molecule has 0 aliphatic rings. The fourth-order valence-corrected chi connectivity index (χ4v) is 2.36. The third kappa shape index (κ3) is 13.0. The Morgan fingerprint density at radius 2 is 1.48 bits per heavy atom. The van der Waals surface area contributed by atoms with E-state index in [9.17, 15) is 0 Å². The lowest BCUT2D eigenvalue weighted by Gasteiger charge is -2.14. The summed E-state index contributed by atoms with van der Waals surface area (Å²) in [4.78, 5) is 0. The van der Waals surface area contributed by atoms with Crippen LogP contribution in [0, 0.1) is 0 Å². The van der Waals surface area contributed by atoms with Crippen molar-refractivity contribution in [1.29, 1.82) is 0 Å². The zero-order valence-corrected chi connectivity index (χ0v) is 17.9. The van der Waals surface area contributed by atoms with Crippen LogP contribution in [0.1, 0.15) is 51.2 Å². The van der Waals surface area contributed by atoms with E-state index in [4.69, 9.17) is 9.47 Å². The SMILES string of the molecule is C=CCOCC(CCc1ccccc1)OC.CC.CC(C)c1ccccc1. The molecule has 0 N–H and O–H groups in total. The molecule has 0 radical (unpaired) electrons. The highest BCUT2D eigenvalue weighted by atomic mass is 16.5. The fraction of sp³-hybridized carbons (Fsp3) is 0.440. The van der Waals surface area contributed by atoms with Crippen LogP contribution in [-0.2, 0) is 15.9 Å². The van der Waals surface area contributed by atoms with Gasteiger partial charge in [0.25, 0.3) is 0 Å². The molecule has 0 aliphatic heterocycles. The molecule has 1 atom stereocenters. The number of methoxy groups -OCH3 is 1. The normalized spacial score (nSPS) is 10.9. The fourth-order valence-electron chi connectivity index (χ4n) is 2.36. The lowest BCUT2D eigenvalue weighted by Crippen LogP contribution is -2.19. The van der Waals surface area contributed by atoms with E-state index in [1.807, 2.05) is 26.0 Å². The molecule has 150 valence electrons. The van der Waals surface area contributed by atoms with Crippen LogP contribution in [-0.4, -0.2) is 26.4 Å². The highest BCUT2D eigenvalue weighted by Crippen LogP contribution is 2.11. The summed E-state index contributed by atoms with van der Waals surface area (Å²) in [5.74, 6) is 0.659. The van der Waals surface area contributed by atoms with Crippen LogP contribution in [0.5, 0.6) is 0 Å². The maximum Gasteiger partial charge on any atom is 0.0808 e. The van der Waals surface area contributed by atoms with Gasteiger partial charge in [-0.25, -0.2) is 0 Å². The van der Waals surface area contributed by atoms with Crippen molar-refractivity contribution in [3.05, 3.63) is 84.4 Å². The van der Waals surface area contributed by atoms with Gasteiger partial charge in [-0.3, -0.25) is 0 Å². The monoisotopic (exact) mass is 370 g/mol. The summed E-state index contributed by atoms with van der Waals surface area (Å²) < 4.78 is 10.7. The van der Waals surface area contributed by atoms with E-state index in [0.29, 0.717) is 19.1 Å². The van der Waals surface area contributed by atoms with Gasteiger partial charge in [0.1, 0.15) is 0 Å². The van der Waals surface area contributed by atoms with Gasteiger partial charge in [-0.05, 0) is 29.9 Å². The topological polar surface area (TPSA) is 18.5 Å². The van der Waals surface area contributed by atoms with Gasteiger partial charge in [-0.1, -0.05) is 94.4 Å². The van der Waals surface area contributed by atoms with Gasteiger partial charge in [0.2, 0.25) is 0 Å². The lowest BCUT2D eigenvalue weighted by atomic mass is 10.0. The number of hydrogen-bond donors (Lipinski definition) is 0. The van der Waals surface area contributed by atoms with Crippen LogP contribution in [0.25, 0.3) is 0 Å². The van der Waals surface area contributed by atoms with Crippen molar-refractivity contribution in [2.45, 2.75) is 52.6 Å². The van der Waals surface area contributed by atoms with Gasteiger partial charge < -0.3 is 9.47 Å². The molecule has 1 unspecified atom stereocenters. The molecule has 2 nitrogen and oxygen atoms in total.